The Balaban J connectivity index is 2.46. The molecule has 1 aliphatic rings. The fourth-order valence-corrected chi connectivity index (χ4v) is 3.42. The number of amides is 1. The van der Waals surface area contributed by atoms with Gasteiger partial charge in [0.1, 0.15) is 5.75 Å². The minimum atomic E-state index is -6.29. The number of carbonyl (C=O) groups excluding carboxylic acids is 1. The third kappa shape index (κ3) is 3.76. The fraction of sp³-hybridized carbons (Fsp3) is 0.200. The molecule has 0 aromatic heterocycles. The molecule has 2 N–H and O–H groups in total. The zero-order valence-corrected chi connectivity index (χ0v) is 14.6. The molecule has 0 bridgehead atoms. The lowest BCUT2D eigenvalue weighted by Crippen LogP contribution is -2.50. The van der Waals surface area contributed by atoms with E-state index in [2.05, 4.69) is 0 Å². The number of alkyl halides is 7. The third-order valence-electron chi connectivity index (χ3n) is 3.32. The zero-order chi connectivity index (χ0) is 19.8. The van der Waals surface area contributed by atoms with E-state index in [0.717, 1.165) is 0 Å². The molecule has 26 heavy (non-hydrogen) atoms. The van der Waals surface area contributed by atoms with Crippen LogP contribution in [0.15, 0.2) is 40.0 Å². The Morgan fingerprint density at radius 1 is 1.04 bits per heavy atom. The number of rotatable bonds is 3. The van der Waals surface area contributed by atoms with Crippen molar-refractivity contribution < 1.29 is 40.6 Å². The smallest absolute Gasteiger partial charge is 0.435 e. The molecule has 0 atom stereocenters. The standard InChI is InChI=1S/C15H9F7INO2/c16-13(14(17,18)19,15(20,21)22)9-1-2-11(25)10(7-9)24-12(26)8-3-5-23-6-4-8/h1-7,25H,(H,24,26). The van der Waals surface area contributed by atoms with Gasteiger partial charge < -0.3 is 10.4 Å². The molecule has 1 amide bonds. The maximum atomic E-state index is 14.1. The summed E-state index contributed by atoms with van der Waals surface area (Å²) in [6, 6.07) is 0.710. The first-order valence-electron chi connectivity index (χ1n) is 6.67. The molecule has 1 aromatic carbocycles. The molecule has 0 radical (unpaired) electrons. The lowest BCUT2D eigenvalue weighted by Gasteiger charge is -2.30. The molecule has 2 rings (SSSR count). The van der Waals surface area contributed by atoms with Crippen molar-refractivity contribution in [3.8, 4) is 5.75 Å². The van der Waals surface area contributed by atoms with Crippen LogP contribution in [-0.2, 0) is 10.5 Å². The zero-order valence-electron chi connectivity index (χ0n) is 12.4. The van der Waals surface area contributed by atoms with E-state index < -0.39 is 40.9 Å². The summed E-state index contributed by atoms with van der Waals surface area (Å²) in [5.41, 5.74) is -8.16. The van der Waals surface area contributed by atoms with Gasteiger partial charge in [0, 0.05) is 11.1 Å². The van der Waals surface area contributed by atoms with E-state index in [4.69, 9.17) is 0 Å². The van der Waals surface area contributed by atoms with Gasteiger partial charge in [-0.2, -0.15) is 26.3 Å². The molecule has 1 aromatic rings. The topological polar surface area (TPSA) is 49.3 Å². The SMILES string of the molecule is O=C(Nc1cc(C(F)(C(F)(F)F)C(F)(F)F)ccc1O)C1=CC=IC=C1. The number of hydrogen-bond donors (Lipinski definition) is 2. The van der Waals surface area contributed by atoms with E-state index in [1.807, 2.05) is 5.32 Å². The summed E-state index contributed by atoms with van der Waals surface area (Å²) in [5.74, 6) is -1.69. The Morgan fingerprint density at radius 2 is 1.65 bits per heavy atom. The van der Waals surface area contributed by atoms with Crippen LogP contribution in [0.2, 0.25) is 0 Å². The second-order valence-corrected chi connectivity index (χ2v) is 7.16. The highest BCUT2D eigenvalue weighted by atomic mass is 127. The summed E-state index contributed by atoms with van der Waals surface area (Å²) >= 11 is -0.364. The minimum Gasteiger partial charge on any atom is -0.506 e. The third-order valence-corrected chi connectivity index (χ3v) is 4.87. The van der Waals surface area contributed by atoms with Gasteiger partial charge in [-0.3, -0.25) is 4.79 Å². The Hall–Kier alpha value is -1.92. The predicted octanol–water partition coefficient (Wildman–Crippen LogP) is 4.85. The van der Waals surface area contributed by atoms with Crippen LogP contribution >= 0.6 is 20.7 Å². The van der Waals surface area contributed by atoms with E-state index in [0.29, 0.717) is 6.07 Å². The first-order chi connectivity index (χ1) is 11.9. The van der Waals surface area contributed by atoms with Gasteiger partial charge in [-0.1, -0.05) is 26.8 Å². The Bertz CT molecular complexity index is 795. The van der Waals surface area contributed by atoms with Crippen molar-refractivity contribution in [2.24, 2.45) is 0 Å². The molecule has 3 nitrogen and oxygen atoms in total. The van der Waals surface area contributed by atoms with Gasteiger partial charge in [0.25, 0.3) is 5.91 Å². The van der Waals surface area contributed by atoms with Gasteiger partial charge in [0.15, 0.2) is 0 Å². The molecule has 0 spiro atoms. The molecule has 0 aliphatic carbocycles. The van der Waals surface area contributed by atoms with Crippen LogP contribution in [0.1, 0.15) is 5.56 Å². The van der Waals surface area contributed by atoms with Crippen molar-refractivity contribution in [3.63, 3.8) is 0 Å². The molecule has 142 valence electrons. The highest BCUT2D eigenvalue weighted by molar-refractivity contribution is 14.2. The Labute approximate surface area is 151 Å². The molecule has 0 saturated carbocycles. The molecule has 1 aliphatic heterocycles. The molecule has 0 saturated heterocycles. The van der Waals surface area contributed by atoms with E-state index in [-0.39, 0.29) is 38.4 Å². The summed E-state index contributed by atoms with van der Waals surface area (Å²) < 4.78 is 94.3. The van der Waals surface area contributed by atoms with E-state index in [9.17, 15) is 40.6 Å². The predicted molar refractivity (Wildman–Crippen MR) is 88.9 cm³/mol. The van der Waals surface area contributed by atoms with Crippen LogP contribution in [-0.4, -0.2) is 27.4 Å². The second-order valence-electron chi connectivity index (χ2n) is 5.01. The molecule has 0 unspecified atom stereocenters. The average Bonchev–Trinajstić information content (AvgIpc) is 2.54. The summed E-state index contributed by atoms with van der Waals surface area (Å²) in [5, 5.41) is 11.6. The maximum Gasteiger partial charge on any atom is 0.435 e. The van der Waals surface area contributed by atoms with E-state index >= 15 is 0 Å². The van der Waals surface area contributed by atoms with Crippen LogP contribution in [0.4, 0.5) is 36.4 Å². The number of phenols is 1. The van der Waals surface area contributed by atoms with Gasteiger partial charge in [-0.25, -0.2) is 4.39 Å². The summed E-state index contributed by atoms with van der Waals surface area (Å²) in [6.45, 7) is 0. The van der Waals surface area contributed by atoms with Crippen molar-refractivity contribution in [1.82, 2.24) is 0 Å². The van der Waals surface area contributed by atoms with E-state index in [1.165, 1.54) is 12.2 Å². The van der Waals surface area contributed by atoms with Crippen molar-refractivity contribution in [3.05, 3.63) is 45.6 Å². The second kappa shape index (κ2) is 7.00. The number of benzene rings is 1. The number of aromatic hydroxyl groups is 1. The van der Waals surface area contributed by atoms with Gasteiger partial charge >= 0.3 is 18.0 Å². The van der Waals surface area contributed by atoms with Gasteiger partial charge in [0.2, 0.25) is 0 Å². The lowest BCUT2D eigenvalue weighted by molar-refractivity contribution is -0.348. The van der Waals surface area contributed by atoms with Crippen molar-refractivity contribution in [2.75, 3.05) is 5.32 Å². The highest BCUT2D eigenvalue weighted by Gasteiger charge is 2.73. The molecule has 0 fully saturated rings. The largest absolute Gasteiger partial charge is 0.506 e. The van der Waals surface area contributed by atoms with E-state index in [1.54, 1.807) is 8.09 Å². The number of halogens is 8. The van der Waals surface area contributed by atoms with Crippen molar-refractivity contribution >= 4 is 36.3 Å². The molecular formula is C15H9F7INO2. The summed E-state index contributed by atoms with van der Waals surface area (Å²) in [6.07, 6.45) is -9.74. The first-order valence-corrected chi connectivity index (χ1v) is 9.16. The normalized spacial score (nSPS) is 15.3. The van der Waals surface area contributed by atoms with Gasteiger partial charge in [0.05, 0.1) is 5.69 Å². The van der Waals surface area contributed by atoms with Crippen molar-refractivity contribution in [1.29, 1.82) is 0 Å². The number of carbonyl (C=O) groups is 1. The van der Waals surface area contributed by atoms with Crippen LogP contribution in [0, 0.1) is 0 Å². The minimum absolute atomic E-state index is 0.0823. The number of nitrogens with one attached hydrogen (secondary N) is 1. The average molecular weight is 495 g/mol. The first kappa shape index (κ1) is 20.4. The van der Waals surface area contributed by atoms with Crippen LogP contribution in [0.25, 0.3) is 0 Å². The summed E-state index contributed by atoms with van der Waals surface area (Å²) in [4.78, 5) is 12.0. The highest BCUT2D eigenvalue weighted by Crippen LogP contribution is 2.53. The Morgan fingerprint density at radius 3 is 2.15 bits per heavy atom. The summed E-state index contributed by atoms with van der Waals surface area (Å²) in [7, 11) is 0. The van der Waals surface area contributed by atoms with Crippen LogP contribution < -0.4 is 5.32 Å². The van der Waals surface area contributed by atoms with Gasteiger partial charge in [-0.05, 0) is 32.4 Å². The quantitative estimate of drug-likeness (QED) is 0.358. The number of allylic oxidation sites excluding steroid dienone is 1. The number of hydrogen-bond acceptors (Lipinski definition) is 2. The molecular weight excluding hydrogens is 486 g/mol. The molecule has 11 heteroatoms. The van der Waals surface area contributed by atoms with Crippen LogP contribution in [0.3, 0.4) is 0 Å². The van der Waals surface area contributed by atoms with Crippen molar-refractivity contribution in [2.45, 2.75) is 18.0 Å². The number of phenolic OH excluding ortho intramolecular Hbond substituents is 1. The monoisotopic (exact) mass is 495 g/mol. The fourth-order valence-electron chi connectivity index (χ4n) is 1.99. The van der Waals surface area contributed by atoms with Crippen LogP contribution in [0.5, 0.6) is 5.75 Å². The Kier molecular flexibility index (Phi) is 5.49. The maximum absolute atomic E-state index is 14.1. The van der Waals surface area contributed by atoms with Gasteiger partial charge in [-0.15, -0.1) is 0 Å². The number of anilines is 1. The lowest BCUT2D eigenvalue weighted by atomic mass is 9.93. The molecule has 1 heterocycles.